The van der Waals surface area contributed by atoms with Crippen molar-refractivity contribution in [2.75, 3.05) is 13.1 Å². The minimum absolute atomic E-state index is 0.0380. The van der Waals surface area contributed by atoms with Gasteiger partial charge in [-0.25, -0.2) is 0 Å². The van der Waals surface area contributed by atoms with Crippen molar-refractivity contribution >= 4 is 57.7 Å². The van der Waals surface area contributed by atoms with Crippen LogP contribution in [0.4, 0.5) is 5.69 Å². The van der Waals surface area contributed by atoms with Gasteiger partial charge in [0.05, 0.1) is 10.5 Å². The van der Waals surface area contributed by atoms with E-state index in [1.54, 1.807) is 51.8 Å². The highest BCUT2D eigenvalue weighted by Gasteiger charge is 2.37. The first kappa shape index (κ1) is 21.4. The van der Waals surface area contributed by atoms with E-state index in [-0.39, 0.29) is 11.6 Å². The normalized spacial score (nSPS) is 15.3. The van der Waals surface area contributed by atoms with E-state index in [1.165, 1.54) is 15.8 Å². The van der Waals surface area contributed by atoms with E-state index < -0.39 is 4.92 Å². The van der Waals surface area contributed by atoms with Crippen LogP contribution in [-0.4, -0.2) is 38.8 Å². The maximum absolute atomic E-state index is 13.3. The van der Waals surface area contributed by atoms with Gasteiger partial charge in [-0.15, -0.1) is 22.7 Å². The molecule has 0 N–H and O–H groups in total. The van der Waals surface area contributed by atoms with Crippen LogP contribution >= 0.6 is 34.9 Å². The highest BCUT2D eigenvalue weighted by Crippen LogP contribution is 2.28. The predicted molar refractivity (Wildman–Crippen MR) is 128 cm³/mol. The second-order valence-corrected chi connectivity index (χ2v) is 9.32. The molecule has 1 aliphatic rings. The Morgan fingerprint density at radius 2 is 1.55 bits per heavy atom. The molecule has 0 atom stereocenters. The number of hydrogen-bond donors (Lipinski definition) is 0. The summed E-state index contributed by atoms with van der Waals surface area (Å²) < 4.78 is 0. The molecule has 31 heavy (non-hydrogen) atoms. The molecule has 1 amide bonds. The van der Waals surface area contributed by atoms with E-state index in [9.17, 15) is 14.9 Å². The molecule has 2 aromatic heterocycles. The van der Waals surface area contributed by atoms with Gasteiger partial charge in [-0.1, -0.05) is 24.3 Å². The zero-order valence-electron chi connectivity index (χ0n) is 16.5. The maximum Gasteiger partial charge on any atom is 0.276 e. The Balaban J connectivity index is 1.64. The first-order chi connectivity index (χ1) is 15.0. The minimum Gasteiger partial charge on any atom is -0.313 e. The van der Waals surface area contributed by atoms with Crippen LogP contribution in [0.25, 0.3) is 6.08 Å². The Morgan fingerprint density at radius 1 is 0.935 bits per heavy atom. The van der Waals surface area contributed by atoms with Gasteiger partial charge in [0.2, 0.25) is 0 Å². The Morgan fingerprint density at radius 3 is 2.13 bits per heavy atom. The fourth-order valence-electron chi connectivity index (χ4n) is 3.42. The molecule has 0 saturated carbocycles. The van der Waals surface area contributed by atoms with Crippen molar-refractivity contribution < 1.29 is 9.72 Å². The summed E-state index contributed by atoms with van der Waals surface area (Å²) in [5.41, 5.74) is 0.728. The predicted octanol–water partition coefficient (Wildman–Crippen LogP) is 4.97. The van der Waals surface area contributed by atoms with Gasteiger partial charge >= 0.3 is 0 Å². The summed E-state index contributed by atoms with van der Waals surface area (Å²) in [7, 11) is 0. The number of nitro benzene ring substituents is 1. The first-order valence-corrected chi connectivity index (χ1v) is 11.8. The second kappa shape index (κ2) is 9.51. The van der Waals surface area contributed by atoms with Gasteiger partial charge < -0.3 is 4.90 Å². The molecule has 1 aliphatic heterocycles. The Bertz CT molecular complexity index is 1120. The number of para-hydroxylation sites is 1. The van der Waals surface area contributed by atoms with Gasteiger partial charge in [-0.2, -0.15) is 0 Å². The van der Waals surface area contributed by atoms with E-state index in [4.69, 9.17) is 12.2 Å². The first-order valence-electron chi connectivity index (χ1n) is 9.68. The molecule has 3 heterocycles. The fourth-order valence-corrected chi connectivity index (χ4v) is 5.18. The SMILES string of the molecule is O=C1/C(=C\c2ccccc2[N+](=O)[O-])N(CCc2cccs2)C(=S)N1CCc1cccs1. The summed E-state index contributed by atoms with van der Waals surface area (Å²) in [6, 6.07) is 14.5. The van der Waals surface area contributed by atoms with Crippen molar-refractivity contribution in [2.45, 2.75) is 12.8 Å². The van der Waals surface area contributed by atoms with Gasteiger partial charge in [-0.3, -0.25) is 19.8 Å². The highest BCUT2D eigenvalue weighted by molar-refractivity contribution is 7.80. The second-order valence-electron chi connectivity index (χ2n) is 6.90. The average molecular weight is 470 g/mol. The van der Waals surface area contributed by atoms with E-state index in [0.29, 0.717) is 35.9 Å². The number of thiocarbonyl (C=S) groups is 1. The quantitative estimate of drug-likeness (QED) is 0.202. The van der Waals surface area contributed by atoms with Gasteiger partial charge in [-0.05, 0) is 60.1 Å². The van der Waals surface area contributed by atoms with Crippen molar-refractivity contribution in [1.82, 2.24) is 9.80 Å². The smallest absolute Gasteiger partial charge is 0.276 e. The number of benzene rings is 1. The van der Waals surface area contributed by atoms with Crippen LogP contribution in [0, 0.1) is 10.1 Å². The molecule has 1 aromatic carbocycles. The van der Waals surface area contributed by atoms with Crippen molar-refractivity contribution in [2.24, 2.45) is 0 Å². The van der Waals surface area contributed by atoms with Crippen molar-refractivity contribution in [3.63, 3.8) is 0 Å². The molecule has 0 aliphatic carbocycles. The van der Waals surface area contributed by atoms with Crippen molar-refractivity contribution in [3.8, 4) is 0 Å². The maximum atomic E-state index is 13.3. The van der Waals surface area contributed by atoms with Gasteiger partial charge in [0.25, 0.3) is 11.6 Å². The van der Waals surface area contributed by atoms with Crippen LogP contribution in [0.3, 0.4) is 0 Å². The topological polar surface area (TPSA) is 66.7 Å². The number of carbonyl (C=O) groups excluding carboxylic acids is 1. The van der Waals surface area contributed by atoms with E-state index in [0.717, 1.165) is 6.42 Å². The molecule has 0 radical (unpaired) electrons. The van der Waals surface area contributed by atoms with Crippen LogP contribution in [0.2, 0.25) is 0 Å². The van der Waals surface area contributed by atoms with Crippen LogP contribution in [-0.2, 0) is 17.6 Å². The fraction of sp³-hybridized carbons (Fsp3) is 0.182. The van der Waals surface area contributed by atoms with E-state index in [1.807, 2.05) is 39.9 Å². The number of carbonyl (C=O) groups is 1. The third-order valence-corrected chi connectivity index (χ3v) is 7.28. The number of hydrogen-bond acceptors (Lipinski definition) is 6. The zero-order chi connectivity index (χ0) is 21.8. The molecule has 9 heteroatoms. The molecule has 0 bridgehead atoms. The molecule has 1 fully saturated rings. The summed E-state index contributed by atoms with van der Waals surface area (Å²) in [4.78, 5) is 30.1. The van der Waals surface area contributed by atoms with Crippen LogP contribution in [0.1, 0.15) is 15.3 Å². The van der Waals surface area contributed by atoms with E-state index >= 15 is 0 Å². The van der Waals surface area contributed by atoms with Gasteiger partial charge in [0.15, 0.2) is 5.11 Å². The molecular weight excluding hydrogens is 450 g/mol. The molecule has 6 nitrogen and oxygen atoms in total. The minimum atomic E-state index is -0.436. The summed E-state index contributed by atoms with van der Waals surface area (Å²) in [6.45, 7) is 1.01. The number of nitro groups is 1. The third kappa shape index (κ3) is 4.73. The lowest BCUT2D eigenvalue weighted by molar-refractivity contribution is -0.385. The highest BCUT2D eigenvalue weighted by atomic mass is 32.1. The van der Waals surface area contributed by atoms with Crippen molar-refractivity contribution in [3.05, 3.63) is 90.4 Å². The van der Waals surface area contributed by atoms with Crippen LogP contribution < -0.4 is 0 Å². The lowest BCUT2D eigenvalue weighted by atomic mass is 10.1. The summed E-state index contributed by atoms with van der Waals surface area (Å²) in [5.74, 6) is -0.217. The lowest BCUT2D eigenvalue weighted by Gasteiger charge is -2.20. The van der Waals surface area contributed by atoms with Crippen molar-refractivity contribution in [1.29, 1.82) is 0 Å². The molecule has 4 rings (SSSR count). The standard InChI is InChI=1S/C22H19N3O3S3/c26-21-20(15-16-5-1-2-8-19(16)25(27)28)23(11-9-17-6-3-13-30-17)22(29)24(21)12-10-18-7-4-14-31-18/h1-8,13-15H,9-12H2/b20-15+. The number of thiophene rings is 2. The zero-order valence-corrected chi connectivity index (χ0v) is 18.9. The van der Waals surface area contributed by atoms with Crippen LogP contribution in [0.5, 0.6) is 0 Å². The molecule has 0 unspecified atom stereocenters. The number of rotatable bonds is 8. The molecule has 0 spiro atoms. The number of nitrogens with zero attached hydrogens (tertiary/aromatic N) is 3. The summed E-state index contributed by atoms with van der Waals surface area (Å²) >= 11 is 8.97. The Kier molecular flexibility index (Phi) is 6.55. The number of amides is 1. The van der Waals surface area contributed by atoms with E-state index in [2.05, 4.69) is 0 Å². The summed E-state index contributed by atoms with van der Waals surface area (Å²) in [6.07, 6.45) is 3.03. The lowest BCUT2D eigenvalue weighted by Crippen LogP contribution is -2.34. The molecule has 1 saturated heterocycles. The molecular formula is C22H19N3O3S3. The van der Waals surface area contributed by atoms with Crippen LogP contribution in [0.15, 0.2) is 65.0 Å². The monoisotopic (exact) mass is 469 g/mol. The Labute approximate surface area is 193 Å². The largest absolute Gasteiger partial charge is 0.313 e. The summed E-state index contributed by atoms with van der Waals surface area (Å²) in [5, 5.41) is 15.9. The Hall–Kier alpha value is -2.88. The average Bonchev–Trinajstić information content (AvgIpc) is 3.50. The molecule has 3 aromatic rings. The van der Waals surface area contributed by atoms with Gasteiger partial charge in [0.1, 0.15) is 5.70 Å². The molecule has 158 valence electrons. The van der Waals surface area contributed by atoms with Gasteiger partial charge in [0, 0.05) is 28.9 Å². The third-order valence-electron chi connectivity index (χ3n) is 4.97.